The van der Waals surface area contributed by atoms with E-state index in [0.717, 1.165) is 5.56 Å². The predicted octanol–water partition coefficient (Wildman–Crippen LogP) is 1.56. The first kappa shape index (κ1) is 12.9. The smallest absolute Gasteiger partial charge is 0.254 e. The zero-order valence-electron chi connectivity index (χ0n) is 10.9. The van der Waals surface area contributed by atoms with E-state index < -0.39 is 5.60 Å². The Morgan fingerprint density at radius 2 is 2.00 bits per heavy atom. The monoisotopic (exact) mass is 248 g/mol. The van der Waals surface area contributed by atoms with Gasteiger partial charge in [0.25, 0.3) is 5.91 Å². The number of anilines is 1. The van der Waals surface area contributed by atoms with Crippen molar-refractivity contribution in [3.05, 3.63) is 29.3 Å². The van der Waals surface area contributed by atoms with Crippen LogP contribution in [0.1, 0.15) is 35.7 Å². The maximum Gasteiger partial charge on any atom is 0.254 e. The van der Waals surface area contributed by atoms with E-state index >= 15 is 0 Å². The van der Waals surface area contributed by atoms with E-state index in [1.807, 2.05) is 19.9 Å². The molecular weight excluding hydrogens is 228 g/mol. The minimum absolute atomic E-state index is 0.00954. The lowest BCUT2D eigenvalue weighted by Crippen LogP contribution is -2.45. The van der Waals surface area contributed by atoms with Crippen molar-refractivity contribution in [3.63, 3.8) is 0 Å². The molecule has 1 aliphatic heterocycles. The van der Waals surface area contributed by atoms with Crippen LogP contribution in [0.15, 0.2) is 18.2 Å². The quantitative estimate of drug-likeness (QED) is 0.741. The molecule has 1 amide bonds. The zero-order chi connectivity index (χ0) is 13.3. The molecule has 1 heterocycles. The molecule has 1 aliphatic rings. The number of aryl methyl sites for hydroxylation is 1. The van der Waals surface area contributed by atoms with Gasteiger partial charge >= 0.3 is 0 Å². The summed E-state index contributed by atoms with van der Waals surface area (Å²) < 4.78 is 0. The topological polar surface area (TPSA) is 66.6 Å². The molecule has 0 atom stereocenters. The number of nitrogens with two attached hydrogens (primary N) is 1. The fraction of sp³-hybridized carbons (Fsp3) is 0.500. The van der Waals surface area contributed by atoms with Crippen LogP contribution in [0.5, 0.6) is 0 Å². The number of carbonyl (C=O) groups is 1. The number of hydrogen-bond donors (Lipinski definition) is 2. The van der Waals surface area contributed by atoms with Crippen LogP contribution in [-0.2, 0) is 0 Å². The molecule has 1 fully saturated rings. The van der Waals surface area contributed by atoms with Crippen LogP contribution in [0.3, 0.4) is 0 Å². The lowest BCUT2D eigenvalue weighted by atomic mass is 9.93. The summed E-state index contributed by atoms with van der Waals surface area (Å²) >= 11 is 0. The molecule has 98 valence electrons. The summed E-state index contributed by atoms with van der Waals surface area (Å²) in [6, 6.07) is 5.39. The lowest BCUT2D eigenvalue weighted by Gasteiger charge is -2.36. The molecule has 1 aromatic carbocycles. The number of carbonyl (C=O) groups excluding carboxylic acids is 1. The number of likely N-dealkylation sites (tertiary alicyclic amines) is 1. The summed E-state index contributed by atoms with van der Waals surface area (Å²) in [7, 11) is 0. The van der Waals surface area contributed by atoms with E-state index in [1.54, 1.807) is 17.0 Å². The highest BCUT2D eigenvalue weighted by molar-refractivity contribution is 5.96. The minimum atomic E-state index is -0.637. The molecule has 0 unspecified atom stereocenters. The van der Waals surface area contributed by atoms with E-state index in [-0.39, 0.29) is 5.91 Å². The molecule has 0 spiro atoms. The first-order valence-electron chi connectivity index (χ1n) is 6.27. The molecule has 4 nitrogen and oxygen atoms in total. The van der Waals surface area contributed by atoms with Crippen LogP contribution in [0.2, 0.25) is 0 Å². The van der Waals surface area contributed by atoms with Crippen molar-refractivity contribution in [2.24, 2.45) is 0 Å². The summed E-state index contributed by atoms with van der Waals surface area (Å²) in [6.45, 7) is 4.92. The van der Waals surface area contributed by atoms with Crippen LogP contribution in [0.4, 0.5) is 5.69 Å². The number of benzene rings is 1. The standard InChI is InChI=1S/C14H20N2O2/c1-10-3-4-11(15)9-12(10)13(17)16-7-5-14(2,18)6-8-16/h3-4,9,18H,5-8,15H2,1-2H3. The Bertz CT molecular complexity index is 459. The third kappa shape index (κ3) is 2.64. The van der Waals surface area contributed by atoms with Gasteiger partial charge in [-0.1, -0.05) is 6.07 Å². The molecule has 18 heavy (non-hydrogen) atoms. The summed E-state index contributed by atoms with van der Waals surface area (Å²) in [5.74, 6) is 0.00954. The molecule has 0 bridgehead atoms. The number of rotatable bonds is 1. The van der Waals surface area contributed by atoms with Gasteiger partial charge in [-0.15, -0.1) is 0 Å². The Morgan fingerprint density at radius 3 is 2.61 bits per heavy atom. The van der Waals surface area contributed by atoms with Crippen LogP contribution in [0, 0.1) is 6.92 Å². The van der Waals surface area contributed by atoms with Crippen molar-refractivity contribution in [2.45, 2.75) is 32.3 Å². The summed E-state index contributed by atoms with van der Waals surface area (Å²) in [5.41, 5.74) is 7.29. The van der Waals surface area contributed by atoms with Gasteiger partial charge in [-0.05, 0) is 44.4 Å². The van der Waals surface area contributed by atoms with Crippen LogP contribution in [-0.4, -0.2) is 34.6 Å². The molecule has 3 N–H and O–H groups in total. The summed E-state index contributed by atoms with van der Waals surface area (Å²) in [5, 5.41) is 9.89. The van der Waals surface area contributed by atoms with Crippen molar-refractivity contribution in [3.8, 4) is 0 Å². The van der Waals surface area contributed by atoms with Gasteiger partial charge in [0.15, 0.2) is 0 Å². The SMILES string of the molecule is Cc1ccc(N)cc1C(=O)N1CCC(C)(O)CC1. The molecule has 0 aromatic heterocycles. The molecule has 2 rings (SSSR count). The maximum atomic E-state index is 12.4. The fourth-order valence-electron chi connectivity index (χ4n) is 2.23. The van der Waals surface area contributed by atoms with Gasteiger partial charge < -0.3 is 15.7 Å². The number of piperidine rings is 1. The van der Waals surface area contributed by atoms with Gasteiger partial charge in [0, 0.05) is 24.3 Å². The third-order valence-electron chi connectivity index (χ3n) is 3.62. The molecule has 0 saturated carbocycles. The highest BCUT2D eigenvalue weighted by atomic mass is 16.3. The van der Waals surface area contributed by atoms with Gasteiger partial charge in [-0.25, -0.2) is 0 Å². The van der Waals surface area contributed by atoms with E-state index in [9.17, 15) is 9.90 Å². The maximum absolute atomic E-state index is 12.4. The molecular formula is C14H20N2O2. The molecule has 1 aromatic rings. The van der Waals surface area contributed by atoms with Crippen molar-refractivity contribution >= 4 is 11.6 Å². The van der Waals surface area contributed by atoms with Crippen LogP contribution in [0.25, 0.3) is 0 Å². The summed E-state index contributed by atoms with van der Waals surface area (Å²) in [4.78, 5) is 14.2. The van der Waals surface area contributed by atoms with Gasteiger partial charge in [0.05, 0.1) is 5.60 Å². The number of nitrogens with zero attached hydrogens (tertiary/aromatic N) is 1. The zero-order valence-corrected chi connectivity index (χ0v) is 10.9. The average molecular weight is 248 g/mol. The van der Waals surface area contributed by atoms with Crippen LogP contribution < -0.4 is 5.73 Å². The Labute approximate surface area is 107 Å². The van der Waals surface area contributed by atoms with Crippen molar-refractivity contribution in [1.29, 1.82) is 0 Å². The minimum Gasteiger partial charge on any atom is -0.399 e. The Hall–Kier alpha value is -1.55. The van der Waals surface area contributed by atoms with E-state index in [1.165, 1.54) is 0 Å². The molecule has 4 heteroatoms. The largest absolute Gasteiger partial charge is 0.399 e. The Morgan fingerprint density at radius 1 is 1.39 bits per heavy atom. The number of hydrogen-bond acceptors (Lipinski definition) is 3. The summed E-state index contributed by atoms with van der Waals surface area (Å²) in [6.07, 6.45) is 1.25. The fourth-order valence-corrected chi connectivity index (χ4v) is 2.23. The molecule has 0 aliphatic carbocycles. The number of nitrogen functional groups attached to an aromatic ring is 1. The second-order valence-electron chi connectivity index (χ2n) is 5.36. The second-order valence-corrected chi connectivity index (χ2v) is 5.36. The second kappa shape index (κ2) is 4.61. The highest BCUT2D eigenvalue weighted by Gasteiger charge is 2.30. The van der Waals surface area contributed by atoms with Crippen molar-refractivity contribution < 1.29 is 9.90 Å². The molecule has 1 saturated heterocycles. The normalized spacial score (nSPS) is 18.7. The first-order chi connectivity index (χ1) is 8.39. The van der Waals surface area contributed by atoms with Gasteiger partial charge in [0.2, 0.25) is 0 Å². The number of aliphatic hydroxyl groups is 1. The van der Waals surface area contributed by atoms with Gasteiger partial charge in [-0.2, -0.15) is 0 Å². The molecule has 0 radical (unpaired) electrons. The first-order valence-corrected chi connectivity index (χ1v) is 6.27. The van der Waals surface area contributed by atoms with E-state index in [0.29, 0.717) is 37.2 Å². The average Bonchev–Trinajstić information content (AvgIpc) is 2.31. The Kier molecular flexibility index (Phi) is 3.30. The van der Waals surface area contributed by atoms with E-state index in [4.69, 9.17) is 5.73 Å². The van der Waals surface area contributed by atoms with Crippen molar-refractivity contribution in [1.82, 2.24) is 4.90 Å². The van der Waals surface area contributed by atoms with Crippen molar-refractivity contribution in [2.75, 3.05) is 18.8 Å². The third-order valence-corrected chi connectivity index (χ3v) is 3.62. The predicted molar refractivity (Wildman–Crippen MR) is 71.4 cm³/mol. The Balaban J connectivity index is 2.15. The van der Waals surface area contributed by atoms with Crippen LogP contribution >= 0.6 is 0 Å². The van der Waals surface area contributed by atoms with Gasteiger partial charge in [0.1, 0.15) is 0 Å². The van der Waals surface area contributed by atoms with E-state index in [2.05, 4.69) is 0 Å². The lowest BCUT2D eigenvalue weighted by molar-refractivity contribution is -0.00203. The van der Waals surface area contributed by atoms with Gasteiger partial charge in [-0.3, -0.25) is 4.79 Å². The number of amides is 1. The highest BCUT2D eigenvalue weighted by Crippen LogP contribution is 2.23.